The van der Waals surface area contributed by atoms with Crippen LogP contribution in [0.2, 0.25) is 0 Å². The van der Waals surface area contributed by atoms with Gasteiger partial charge in [-0.25, -0.2) is 0 Å². The van der Waals surface area contributed by atoms with Crippen molar-refractivity contribution in [2.24, 2.45) is 0 Å². The normalized spacial score (nSPS) is 11.8. The van der Waals surface area contributed by atoms with Crippen LogP contribution in [0.4, 0.5) is 5.69 Å². The summed E-state index contributed by atoms with van der Waals surface area (Å²) in [6.07, 6.45) is 1.49. The molecule has 6 nitrogen and oxygen atoms in total. The first-order valence-corrected chi connectivity index (χ1v) is 5.30. The molecule has 82 valence electrons. The molecule has 0 spiro atoms. The molecule has 1 atom stereocenters. The summed E-state index contributed by atoms with van der Waals surface area (Å²) in [5.74, 6) is 0. The fourth-order valence-corrected chi connectivity index (χ4v) is 1.96. The molecule has 0 aliphatic heterocycles. The summed E-state index contributed by atoms with van der Waals surface area (Å²) in [5.41, 5.74) is -0.0395. The average molecular weight is 260 g/mol. The summed E-state index contributed by atoms with van der Waals surface area (Å²) in [4.78, 5) is 13.7. The van der Waals surface area contributed by atoms with Crippen LogP contribution in [-0.4, -0.2) is 18.7 Å². The average Bonchev–Trinajstić information content (AvgIpc) is 2.27. The summed E-state index contributed by atoms with van der Waals surface area (Å²) >= 11 is -2.64. The van der Waals surface area contributed by atoms with Gasteiger partial charge in [-0.3, -0.25) is 19.3 Å². The minimum absolute atomic E-state index is 0. The van der Waals surface area contributed by atoms with Gasteiger partial charge in [0.1, 0.15) is 4.90 Å². The van der Waals surface area contributed by atoms with Gasteiger partial charge in [0.15, 0.2) is 0 Å². The molecule has 2 aromatic rings. The van der Waals surface area contributed by atoms with Gasteiger partial charge in [0, 0.05) is 6.20 Å². The second-order valence-corrected chi connectivity index (χ2v) is 3.88. The van der Waals surface area contributed by atoms with E-state index in [0.29, 0.717) is 5.52 Å². The summed E-state index contributed by atoms with van der Waals surface area (Å²) in [6.45, 7) is 0. The van der Waals surface area contributed by atoms with Gasteiger partial charge in [-0.1, -0.05) is 0 Å². The molecule has 0 bridgehead atoms. The van der Waals surface area contributed by atoms with E-state index in [9.17, 15) is 18.9 Å². The van der Waals surface area contributed by atoms with Gasteiger partial charge in [0.05, 0.1) is 15.8 Å². The molecule has 0 fully saturated rings. The molecule has 0 aliphatic carbocycles. The first kappa shape index (κ1) is 14.2. The smallest absolute Gasteiger partial charge is 0.768 e. The number of benzene rings is 1. The van der Waals surface area contributed by atoms with E-state index in [2.05, 4.69) is 4.98 Å². The molecule has 8 heteroatoms. The Morgan fingerprint density at radius 3 is 2.59 bits per heavy atom. The van der Waals surface area contributed by atoms with Gasteiger partial charge < -0.3 is 4.55 Å². The number of nitro groups is 1. The maximum atomic E-state index is 10.8. The van der Waals surface area contributed by atoms with Crippen LogP contribution in [0.15, 0.2) is 35.4 Å². The third-order valence-corrected chi connectivity index (χ3v) is 2.77. The predicted octanol–water partition coefficient (Wildman–Crippen LogP) is -1.62. The third kappa shape index (κ3) is 2.70. The minimum atomic E-state index is -2.64. The van der Waals surface area contributed by atoms with Crippen LogP contribution in [0.3, 0.4) is 0 Å². The van der Waals surface area contributed by atoms with Crippen LogP contribution < -0.4 is 29.6 Å². The first-order chi connectivity index (χ1) is 7.61. The molecule has 1 unspecified atom stereocenters. The van der Waals surface area contributed by atoms with E-state index in [-0.39, 0.29) is 39.8 Å². The van der Waals surface area contributed by atoms with Crippen LogP contribution >= 0.6 is 0 Å². The first-order valence-electron chi connectivity index (χ1n) is 4.22. The number of pyridine rings is 1. The number of nitro benzene ring substituents is 1. The number of nitrogens with zero attached hydrogens (tertiary/aromatic N) is 2. The van der Waals surface area contributed by atoms with Crippen LogP contribution in [-0.2, 0) is 11.1 Å². The van der Waals surface area contributed by atoms with Crippen molar-refractivity contribution >= 4 is 27.7 Å². The van der Waals surface area contributed by atoms with Gasteiger partial charge >= 0.3 is 29.6 Å². The van der Waals surface area contributed by atoms with E-state index in [1.165, 1.54) is 30.5 Å². The van der Waals surface area contributed by atoms with Crippen molar-refractivity contribution in [1.82, 2.24) is 4.98 Å². The molecule has 0 saturated carbocycles. The van der Waals surface area contributed by atoms with Gasteiger partial charge in [-0.2, -0.15) is 0 Å². The quantitative estimate of drug-likeness (QED) is 0.280. The standard InChI is InChI=1S/C9H6N2O4S.Na/c12-11(13)9-6-2-1-5-10-7(6)3-4-8(9)16(14)15;/h1-5H,(H,14,15);/q;+1/p-1. The van der Waals surface area contributed by atoms with E-state index in [1.807, 2.05) is 0 Å². The van der Waals surface area contributed by atoms with E-state index in [0.717, 1.165) is 0 Å². The van der Waals surface area contributed by atoms with Gasteiger partial charge in [0.2, 0.25) is 0 Å². The molecule has 2 rings (SSSR count). The zero-order valence-electron chi connectivity index (χ0n) is 8.82. The van der Waals surface area contributed by atoms with Gasteiger partial charge in [-0.15, -0.1) is 0 Å². The van der Waals surface area contributed by atoms with Crippen molar-refractivity contribution in [3.05, 3.63) is 40.6 Å². The Balaban J connectivity index is 0.00000144. The monoisotopic (exact) mass is 260 g/mol. The van der Waals surface area contributed by atoms with Crippen LogP contribution in [0, 0.1) is 10.1 Å². The molecule has 1 aromatic carbocycles. The van der Waals surface area contributed by atoms with Crippen LogP contribution in [0.5, 0.6) is 0 Å². The topological polar surface area (TPSA) is 96.2 Å². The van der Waals surface area contributed by atoms with Crippen molar-refractivity contribution in [3.8, 4) is 0 Å². The number of aromatic nitrogens is 1. The Kier molecular flexibility index (Phi) is 4.72. The second-order valence-electron chi connectivity index (χ2n) is 2.97. The second kappa shape index (κ2) is 5.65. The predicted molar refractivity (Wildman–Crippen MR) is 55.6 cm³/mol. The molecule has 0 saturated heterocycles. The molecule has 0 aliphatic rings. The van der Waals surface area contributed by atoms with Crippen LogP contribution in [0.25, 0.3) is 10.9 Å². The Bertz CT molecular complexity index is 605. The fraction of sp³-hybridized carbons (Fsp3) is 0. The Morgan fingerprint density at radius 2 is 2.00 bits per heavy atom. The maximum Gasteiger partial charge on any atom is 1.00 e. The zero-order valence-corrected chi connectivity index (χ0v) is 11.6. The molecule has 0 radical (unpaired) electrons. The van der Waals surface area contributed by atoms with E-state index in [4.69, 9.17) is 0 Å². The molecular weight excluding hydrogens is 255 g/mol. The molecule has 0 amide bonds. The minimum Gasteiger partial charge on any atom is -0.768 e. The molecule has 1 heterocycles. The summed E-state index contributed by atoms with van der Waals surface area (Å²) in [7, 11) is 0. The maximum absolute atomic E-state index is 10.8. The summed E-state index contributed by atoms with van der Waals surface area (Å²) in [6, 6.07) is 5.60. The largest absolute Gasteiger partial charge is 1.00 e. The Labute approximate surface area is 121 Å². The number of fused-ring (bicyclic) bond motifs is 1. The zero-order chi connectivity index (χ0) is 11.7. The Morgan fingerprint density at radius 1 is 1.29 bits per heavy atom. The molecular formula is C9H5N2NaO4S. The van der Waals surface area contributed by atoms with E-state index < -0.39 is 21.7 Å². The van der Waals surface area contributed by atoms with Crippen molar-refractivity contribution < 1.29 is 43.2 Å². The van der Waals surface area contributed by atoms with Crippen molar-refractivity contribution in [2.45, 2.75) is 4.90 Å². The van der Waals surface area contributed by atoms with Crippen molar-refractivity contribution in [2.75, 3.05) is 0 Å². The SMILES string of the molecule is O=[N+]([O-])c1c(S(=O)[O-])ccc2ncccc12.[Na+]. The third-order valence-electron chi connectivity index (χ3n) is 2.08. The molecule has 17 heavy (non-hydrogen) atoms. The summed E-state index contributed by atoms with van der Waals surface area (Å²) in [5, 5.41) is 11.1. The molecule has 1 aromatic heterocycles. The number of hydrogen-bond donors (Lipinski definition) is 0. The van der Waals surface area contributed by atoms with Crippen molar-refractivity contribution in [3.63, 3.8) is 0 Å². The van der Waals surface area contributed by atoms with E-state index in [1.54, 1.807) is 0 Å². The number of rotatable bonds is 2. The Hall–Kier alpha value is -0.860. The summed E-state index contributed by atoms with van der Waals surface area (Å²) < 4.78 is 21.7. The number of hydrogen-bond acceptors (Lipinski definition) is 5. The van der Waals surface area contributed by atoms with Crippen LogP contribution in [0.1, 0.15) is 0 Å². The van der Waals surface area contributed by atoms with E-state index >= 15 is 0 Å². The van der Waals surface area contributed by atoms with Gasteiger partial charge in [-0.05, 0) is 35.3 Å². The fourth-order valence-electron chi connectivity index (χ4n) is 1.44. The van der Waals surface area contributed by atoms with Crippen molar-refractivity contribution in [1.29, 1.82) is 0 Å². The van der Waals surface area contributed by atoms with Gasteiger partial charge in [0.25, 0.3) is 5.69 Å². The molecule has 0 N–H and O–H groups in total.